The molecule has 152 valence electrons. The number of aromatic nitrogens is 5. The second-order valence-corrected chi connectivity index (χ2v) is 7.67. The molecule has 1 aromatic carbocycles. The summed E-state index contributed by atoms with van der Waals surface area (Å²) in [5, 5.41) is 18.8. The monoisotopic (exact) mass is 423 g/mol. The van der Waals surface area contributed by atoms with Gasteiger partial charge in [-0.05, 0) is 49.1 Å². The van der Waals surface area contributed by atoms with Gasteiger partial charge >= 0.3 is 5.69 Å². The Balaban J connectivity index is 1.64. The van der Waals surface area contributed by atoms with Crippen molar-refractivity contribution in [3.63, 3.8) is 0 Å². The van der Waals surface area contributed by atoms with Crippen molar-refractivity contribution < 1.29 is 5.11 Å². The Bertz CT molecular complexity index is 1400. The molecule has 0 saturated heterocycles. The summed E-state index contributed by atoms with van der Waals surface area (Å²) in [6.45, 7) is 0.740. The molecule has 10 heteroatoms. The number of imidazole rings is 1. The predicted molar refractivity (Wildman–Crippen MR) is 113 cm³/mol. The summed E-state index contributed by atoms with van der Waals surface area (Å²) in [6.07, 6.45) is 5.63. The van der Waals surface area contributed by atoms with Crippen LogP contribution in [0.25, 0.3) is 11.7 Å². The van der Waals surface area contributed by atoms with Crippen LogP contribution in [-0.2, 0) is 0 Å². The average Bonchev–Trinajstić information content (AvgIpc) is 3.39. The molecule has 1 aliphatic carbocycles. The Hall–Kier alpha value is -3.59. The number of hydrogen-bond acceptors (Lipinski definition) is 6. The van der Waals surface area contributed by atoms with Crippen LogP contribution in [0.15, 0.2) is 46.3 Å². The number of benzene rings is 1. The SMILES string of the molecule is O=c1[nH]c(O)c(C=c2cnn3c(=NCC4CC4)cc(Nc4ccc(Cl)cc4)nc23)[nH]1. The molecule has 5 rings (SSSR count). The summed E-state index contributed by atoms with van der Waals surface area (Å²) < 4.78 is 1.66. The molecule has 3 aromatic heterocycles. The molecule has 30 heavy (non-hydrogen) atoms. The van der Waals surface area contributed by atoms with E-state index in [-0.39, 0.29) is 11.6 Å². The highest BCUT2D eigenvalue weighted by molar-refractivity contribution is 6.30. The largest absolute Gasteiger partial charge is 0.493 e. The Morgan fingerprint density at radius 3 is 2.80 bits per heavy atom. The molecule has 1 saturated carbocycles. The van der Waals surface area contributed by atoms with Crippen molar-refractivity contribution in [3.05, 3.63) is 68.4 Å². The zero-order valence-electron chi connectivity index (χ0n) is 15.8. The second-order valence-electron chi connectivity index (χ2n) is 7.24. The van der Waals surface area contributed by atoms with E-state index in [0.717, 1.165) is 12.2 Å². The number of aromatic amines is 2. The van der Waals surface area contributed by atoms with Crippen molar-refractivity contribution in [3.8, 4) is 5.88 Å². The summed E-state index contributed by atoms with van der Waals surface area (Å²) in [5.74, 6) is 0.985. The highest BCUT2D eigenvalue weighted by atomic mass is 35.5. The van der Waals surface area contributed by atoms with Crippen LogP contribution in [0.2, 0.25) is 5.02 Å². The molecule has 4 N–H and O–H groups in total. The third-order valence-corrected chi connectivity index (χ3v) is 5.09. The minimum Gasteiger partial charge on any atom is -0.493 e. The minimum atomic E-state index is -0.492. The number of aromatic hydroxyl groups is 1. The number of fused-ring (bicyclic) bond motifs is 1. The van der Waals surface area contributed by atoms with Crippen LogP contribution < -0.4 is 21.7 Å². The van der Waals surface area contributed by atoms with Crippen LogP contribution >= 0.6 is 11.6 Å². The lowest BCUT2D eigenvalue weighted by Gasteiger charge is -2.06. The van der Waals surface area contributed by atoms with Gasteiger partial charge in [0.1, 0.15) is 11.5 Å². The molecule has 0 amide bonds. The van der Waals surface area contributed by atoms with E-state index in [1.54, 1.807) is 28.9 Å². The first-order valence-electron chi connectivity index (χ1n) is 9.50. The quantitative estimate of drug-likeness (QED) is 0.389. The van der Waals surface area contributed by atoms with E-state index >= 15 is 0 Å². The van der Waals surface area contributed by atoms with Crippen LogP contribution in [-0.4, -0.2) is 36.2 Å². The van der Waals surface area contributed by atoms with Gasteiger partial charge in [-0.3, -0.25) is 9.98 Å². The molecule has 0 atom stereocenters. The minimum absolute atomic E-state index is 0.242. The van der Waals surface area contributed by atoms with Gasteiger partial charge in [0, 0.05) is 28.5 Å². The highest BCUT2D eigenvalue weighted by Crippen LogP contribution is 2.28. The van der Waals surface area contributed by atoms with Gasteiger partial charge in [0.25, 0.3) is 0 Å². The molecular formula is C20H18ClN7O2. The summed E-state index contributed by atoms with van der Waals surface area (Å²) in [5.41, 5.74) is 1.82. The van der Waals surface area contributed by atoms with Crippen molar-refractivity contribution in [1.82, 2.24) is 24.6 Å². The van der Waals surface area contributed by atoms with Gasteiger partial charge in [-0.1, -0.05) is 11.6 Å². The Labute approximate surface area is 174 Å². The fourth-order valence-electron chi connectivity index (χ4n) is 3.09. The van der Waals surface area contributed by atoms with E-state index in [0.29, 0.717) is 33.1 Å². The molecule has 0 bridgehead atoms. The number of hydrogen-bond donors (Lipinski definition) is 4. The summed E-state index contributed by atoms with van der Waals surface area (Å²) in [6, 6.07) is 9.16. The first-order valence-corrected chi connectivity index (χ1v) is 9.88. The van der Waals surface area contributed by atoms with Gasteiger partial charge in [-0.2, -0.15) is 9.61 Å². The molecule has 0 radical (unpaired) electrons. The number of anilines is 2. The zero-order chi connectivity index (χ0) is 20.7. The standard InChI is InChI=1S/C20H18ClN7O2/c21-13-3-5-14(6-4-13)24-16-8-17(22-9-11-1-2-11)28-18(26-16)12(10-23-28)7-15-19(29)27-20(30)25-15/h3-8,10-11,24,29H,1-2,9H2,(H2,25,27,30). The normalized spacial score (nSPS) is 15.2. The van der Waals surface area contributed by atoms with Crippen LogP contribution in [0, 0.1) is 5.92 Å². The number of H-pyrrole nitrogens is 2. The van der Waals surface area contributed by atoms with Crippen molar-refractivity contribution >= 4 is 34.8 Å². The number of halogens is 1. The first kappa shape index (κ1) is 18.4. The lowest BCUT2D eigenvalue weighted by molar-refractivity contribution is 0.454. The van der Waals surface area contributed by atoms with Gasteiger partial charge in [-0.25, -0.2) is 9.78 Å². The molecular weight excluding hydrogens is 406 g/mol. The Morgan fingerprint density at radius 2 is 2.10 bits per heavy atom. The maximum atomic E-state index is 11.4. The van der Waals surface area contributed by atoms with E-state index in [2.05, 4.69) is 25.4 Å². The fourth-order valence-corrected chi connectivity index (χ4v) is 3.22. The summed E-state index contributed by atoms with van der Waals surface area (Å²) in [4.78, 5) is 25.7. The summed E-state index contributed by atoms with van der Waals surface area (Å²) >= 11 is 5.97. The smallest absolute Gasteiger partial charge is 0.326 e. The maximum absolute atomic E-state index is 11.4. The van der Waals surface area contributed by atoms with Crippen LogP contribution in [0.4, 0.5) is 11.5 Å². The van der Waals surface area contributed by atoms with Crippen LogP contribution in [0.5, 0.6) is 5.88 Å². The molecule has 3 heterocycles. The van der Waals surface area contributed by atoms with Crippen molar-refractivity contribution in [2.45, 2.75) is 12.8 Å². The first-order chi connectivity index (χ1) is 14.5. The van der Waals surface area contributed by atoms with Crippen molar-refractivity contribution in [2.75, 3.05) is 11.9 Å². The van der Waals surface area contributed by atoms with E-state index in [9.17, 15) is 9.90 Å². The van der Waals surface area contributed by atoms with Gasteiger partial charge in [0.05, 0.1) is 6.20 Å². The van der Waals surface area contributed by atoms with Crippen molar-refractivity contribution in [1.29, 1.82) is 0 Å². The molecule has 0 aliphatic heterocycles. The average molecular weight is 424 g/mol. The van der Waals surface area contributed by atoms with Gasteiger partial charge in [0.2, 0.25) is 5.88 Å². The van der Waals surface area contributed by atoms with Gasteiger partial charge < -0.3 is 15.4 Å². The van der Waals surface area contributed by atoms with Gasteiger partial charge in [0.15, 0.2) is 11.1 Å². The second kappa shape index (κ2) is 7.34. The van der Waals surface area contributed by atoms with E-state index in [1.807, 2.05) is 18.2 Å². The third kappa shape index (κ3) is 3.79. The molecule has 0 unspecified atom stereocenters. The zero-order valence-corrected chi connectivity index (χ0v) is 16.5. The number of rotatable bonds is 5. The molecule has 1 fully saturated rings. The molecule has 1 aliphatic rings. The Morgan fingerprint density at radius 1 is 1.30 bits per heavy atom. The Kier molecular flexibility index (Phi) is 4.51. The topological polar surface area (TPSA) is 123 Å². The lowest BCUT2D eigenvalue weighted by Crippen LogP contribution is -2.20. The van der Waals surface area contributed by atoms with E-state index < -0.39 is 5.69 Å². The molecule has 9 nitrogen and oxygen atoms in total. The maximum Gasteiger partial charge on any atom is 0.326 e. The lowest BCUT2D eigenvalue weighted by atomic mass is 10.3. The molecule has 4 aromatic rings. The number of nitrogens with zero attached hydrogens (tertiary/aromatic N) is 4. The molecule has 0 spiro atoms. The van der Waals surface area contributed by atoms with Crippen LogP contribution in [0.1, 0.15) is 18.5 Å². The van der Waals surface area contributed by atoms with Crippen LogP contribution in [0.3, 0.4) is 0 Å². The van der Waals surface area contributed by atoms with E-state index in [1.165, 1.54) is 12.8 Å². The fraction of sp³-hybridized carbons (Fsp3) is 0.200. The van der Waals surface area contributed by atoms with E-state index in [4.69, 9.17) is 16.6 Å². The van der Waals surface area contributed by atoms with Gasteiger partial charge in [-0.15, -0.1) is 0 Å². The number of nitrogens with one attached hydrogen (secondary N) is 3. The third-order valence-electron chi connectivity index (χ3n) is 4.84. The summed E-state index contributed by atoms with van der Waals surface area (Å²) in [7, 11) is 0. The predicted octanol–water partition coefficient (Wildman–Crippen LogP) is 1.71. The highest BCUT2D eigenvalue weighted by Gasteiger charge is 2.20. The van der Waals surface area contributed by atoms with Crippen molar-refractivity contribution in [2.24, 2.45) is 10.9 Å².